The first kappa shape index (κ1) is 16.4. The number of aromatic nitrogens is 4. The molecule has 10 heteroatoms. The van der Waals surface area contributed by atoms with E-state index >= 15 is 0 Å². The predicted octanol–water partition coefficient (Wildman–Crippen LogP) is 1.04. The van der Waals surface area contributed by atoms with Crippen LogP contribution >= 0.6 is 0 Å². The number of benzene rings is 2. The van der Waals surface area contributed by atoms with Gasteiger partial charge in [-0.05, 0) is 40.8 Å². The van der Waals surface area contributed by atoms with Crippen LogP contribution in [-0.2, 0) is 4.84 Å². The zero-order valence-electron chi connectivity index (χ0n) is 13.9. The number of nitrogens with zero attached hydrogens (tertiary/aromatic N) is 5. The molecule has 4 rings (SSSR count). The van der Waals surface area contributed by atoms with Gasteiger partial charge in [-0.2, -0.15) is 4.68 Å². The molecule has 27 heavy (non-hydrogen) atoms. The Morgan fingerprint density at radius 2 is 1.74 bits per heavy atom. The number of hydrogen-bond donors (Lipinski definition) is 0. The zero-order chi connectivity index (χ0) is 19.0. The van der Waals surface area contributed by atoms with Gasteiger partial charge in [0.15, 0.2) is 0 Å². The lowest BCUT2D eigenvalue weighted by molar-refractivity contribution is -0.0584. The first-order chi connectivity index (χ1) is 13.1. The number of fused-ring (bicyclic) bond motifs is 1. The van der Waals surface area contributed by atoms with E-state index in [2.05, 4.69) is 15.5 Å². The van der Waals surface area contributed by atoms with Crippen molar-refractivity contribution < 1.29 is 24.0 Å². The van der Waals surface area contributed by atoms with Gasteiger partial charge in [-0.3, -0.25) is 9.59 Å². The molecule has 0 aliphatic carbocycles. The molecule has 2 amide bonds. The van der Waals surface area contributed by atoms with Crippen LogP contribution in [-0.4, -0.2) is 50.2 Å². The van der Waals surface area contributed by atoms with Crippen LogP contribution in [0.1, 0.15) is 31.1 Å². The highest BCUT2D eigenvalue weighted by molar-refractivity contribution is 6.21. The SMILES string of the molecule is COc1ccc(C(=O)ON2C(=O)c3ccccc3C2=O)cc1-n1cnnn1. The van der Waals surface area contributed by atoms with Crippen LogP contribution in [0.2, 0.25) is 0 Å². The summed E-state index contributed by atoms with van der Waals surface area (Å²) in [6.07, 6.45) is 1.33. The number of tetrazole rings is 1. The molecule has 0 atom stereocenters. The first-order valence-corrected chi connectivity index (χ1v) is 7.71. The van der Waals surface area contributed by atoms with E-state index in [1.165, 1.54) is 48.5 Å². The van der Waals surface area contributed by atoms with Gasteiger partial charge in [0.2, 0.25) is 0 Å². The van der Waals surface area contributed by atoms with E-state index in [9.17, 15) is 14.4 Å². The smallest absolute Gasteiger partial charge is 0.364 e. The van der Waals surface area contributed by atoms with Gasteiger partial charge in [-0.25, -0.2) is 4.79 Å². The molecule has 0 saturated carbocycles. The minimum Gasteiger partial charge on any atom is -0.494 e. The van der Waals surface area contributed by atoms with E-state index in [0.717, 1.165) is 0 Å². The average molecular weight is 365 g/mol. The Morgan fingerprint density at radius 3 is 2.33 bits per heavy atom. The quantitative estimate of drug-likeness (QED) is 0.630. The minimum atomic E-state index is -0.888. The van der Waals surface area contributed by atoms with E-state index in [1.807, 2.05) is 0 Å². The van der Waals surface area contributed by atoms with Crippen molar-refractivity contribution in [3.63, 3.8) is 0 Å². The van der Waals surface area contributed by atoms with E-state index in [0.29, 0.717) is 16.5 Å². The number of carbonyl (C=O) groups is 3. The third-order valence-electron chi connectivity index (χ3n) is 3.94. The van der Waals surface area contributed by atoms with Crippen LogP contribution in [0, 0.1) is 0 Å². The molecule has 134 valence electrons. The van der Waals surface area contributed by atoms with Gasteiger partial charge in [-0.1, -0.05) is 17.2 Å². The maximum absolute atomic E-state index is 12.5. The van der Waals surface area contributed by atoms with Gasteiger partial charge in [0, 0.05) is 0 Å². The van der Waals surface area contributed by atoms with E-state index in [4.69, 9.17) is 9.57 Å². The fourth-order valence-corrected chi connectivity index (χ4v) is 2.65. The molecule has 0 spiro atoms. The van der Waals surface area contributed by atoms with Crippen LogP contribution in [0.25, 0.3) is 5.69 Å². The van der Waals surface area contributed by atoms with Crippen LogP contribution in [0.15, 0.2) is 48.8 Å². The Balaban J connectivity index is 1.62. The maximum atomic E-state index is 12.5. The van der Waals surface area contributed by atoms with Gasteiger partial charge in [0.1, 0.15) is 17.8 Å². The van der Waals surface area contributed by atoms with E-state index < -0.39 is 17.8 Å². The number of imide groups is 1. The summed E-state index contributed by atoms with van der Waals surface area (Å²) in [5, 5.41) is 11.3. The number of amides is 2. The highest BCUT2D eigenvalue weighted by Gasteiger charge is 2.38. The van der Waals surface area contributed by atoms with Crippen LogP contribution in [0.4, 0.5) is 0 Å². The van der Waals surface area contributed by atoms with Gasteiger partial charge in [0.05, 0.1) is 23.8 Å². The molecule has 1 aromatic heterocycles. The Morgan fingerprint density at radius 1 is 1.04 bits per heavy atom. The van der Waals surface area contributed by atoms with Crippen molar-refractivity contribution in [2.24, 2.45) is 0 Å². The fourth-order valence-electron chi connectivity index (χ4n) is 2.65. The number of ether oxygens (including phenoxy) is 1. The molecule has 2 aromatic carbocycles. The van der Waals surface area contributed by atoms with Crippen molar-refractivity contribution in [3.05, 3.63) is 65.5 Å². The van der Waals surface area contributed by atoms with Crippen molar-refractivity contribution in [2.45, 2.75) is 0 Å². The summed E-state index contributed by atoms with van der Waals surface area (Å²) in [6.45, 7) is 0. The highest BCUT2D eigenvalue weighted by atomic mass is 16.7. The molecule has 0 unspecified atom stereocenters. The monoisotopic (exact) mass is 365 g/mol. The number of hydroxylamine groups is 2. The largest absolute Gasteiger partial charge is 0.494 e. The third kappa shape index (κ3) is 2.68. The Kier molecular flexibility index (Phi) is 3.84. The average Bonchev–Trinajstić information content (AvgIpc) is 3.31. The van der Waals surface area contributed by atoms with Crippen molar-refractivity contribution in [3.8, 4) is 11.4 Å². The van der Waals surface area contributed by atoms with E-state index in [1.54, 1.807) is 12.1 Å². The maximum Gasteiger partial charge on any atom is 0.364 e. The molecular formula is C17H11N5O5. The molecule has 3 aromatic rings. The summed E-state index contributed by atoms with van der Waals surface area (Å²) in [7, 11) is 1.46. The third-order valence-corrected chi connectivity index (χ3v) is 3.94. The number of methoxy groups -OCH3 is 1. The molecule has 1 aliphatic heterocycles. The van der Waals surface area contributed by atoms with Gasteiger partial charge >= 0.3 is 5.97 Å². The van der Waals surface area contributed by atoms with Crippen molar-refractivity contribution in [2.75, 3.05) is 7.11 Å². The fraction of sp³-hybridized carbons (Fsp3) is 0.0588. The second-order valence-corrected chi connectivity index (χ2v) is 5.47. The summed E-state index contributed by atoms with van der Waals surface area (Å²) in [5.74, 6) is -1.86. The van der Waals surface area contributed by atoms with Gasteiger partial charge < -0.3 is 9.57 Å². The van der Waals surface area contributed by atoms with Gasteiger partial charge in [0.25, 0.3) is 11.8 Å². The molecule has 0 N–H and O–H groups in total. The Bertz CT molecular complexity index is 1030. The standard InChI is InChI=1S/C17H11N5O5/c1-26-14-7-6-10(8-13(14)21-9-18-19-20-21)17(25)27-22-15(23)11-4-2-3-5-12(11)16(22)24/h2-9H,1H3. The first-order valence-electron chi connectivity index (χ1n) is 7.71. The Hall–Kier alpha value is -4.08. The highest BCUT2D eigenvalue weighted by Crippen LogP contribution is 2.26. The van der Waals surface area contributed by atoms with Gasteiger partial charge in [-0.15, -0.1) is 5.10 Å². The van der Waals surface area contributed by atoms with Crippen molar-refractivity contribution in [1.82, 2.24) is 25.3 Å². The minimum absolute atomic E-state index is 0.0813. The van der Waals surface area contributed by atoms with Crippen molar-refractivity contribution in [1.29, 1.82) is 0 Å². The lowest BCUT2D eigenvalue weighted by Gasteiger charge is -2.14. The molecule has 10 nitrogen and oxygen atoms in total. The molecule has 0 saturated heterocycles. The predicted molar refractivity (Wildman–Crippen MR) is 88.1 cm³/mol. The lowest BCUT2D eigenvalue weighted by Crippen LogP contribution is -2.32. The second-order valence-electron chi connectivity index (χ2n) is 5.47. The van der Waals surface area contributed by atoms with Crippen molar-refractivity contribution >= 4 is 17.8 Å². The summed E-state index contributed by atoms with van der Waals surface area (Å²) in [6, 6.07) is 10.6. The molecule has 0 bridgehead atoms. The van der Waals surface area contributed by atoms with Crippen LogP contribution < -0.4 is 4.74 Å². The summed E-state index contributed by atoms with van der Waals surface area (Å²) >= 11 is 0. The number of rotatable bonds is 4. The second kappa shape index (κ2) is 6.33. The molecular weight excluding hydrogens is 354 g/mol. The molecule has 0 fully saturated rings. The van der Waals surface area contributed by atoms with Crippen LogP contribution in [0.5, 0.6) is 5.75 Å². The topological polar surface area (TPSA) is 117 Å². The number of carbonyl (C=O) groups excluding carboxylic acids is 3. The zero-order valence-corrected chi connectivity index (χ0v) is 13.9. The molecule has 1 aliphatic rings. The summed E-state index contributed by atoms with van der Waals surface area (Å²) < 4.78 is 6.53. The molecule has 0 radical (unpaired) electrons. The summed E-state index contributed by atoms with van der Waals surface area (Å²) in [4.78, 5) is 42.1. The van der Waals surface area contributed by atoms with E-state index in [-0.39, 0.29) is 16.7 Å². The number of hydrogen-bond acceptors (Lipinski definition) is 8. The normalized spacial score (nSPS) is 12.9. The molecule has 2 heterocycles. The van der Waals surface area contributed by atoms with Crippen LogP contribution in [0.3, 0.4) is 0 Å². The summed E-state index contributed by atoms with van der Waals surface area (Å²) in [5.41, 5.74) is 0.830. The Labute approximate surface area is 151 Å². The lowest BCUT2D eigenvalue weighted by atomic mass is 10.1.